The number of nitrogen functional groups attached to an aromatic ring is 1. The number of ether oxygens (including phenoxy) is 3. The van der Waals surface area contributed by atoms with Crippen molar-refractivity contribution in [1.29, 1.82) is 0 Å². The van der Waals surface area contributed by atoms with Gasteiger partial charge in [0.15, 0.2) is 0 Å². The fraction of sp³-hybridized carbons (Fsp3) is 0.667. The highest BCUT2D eigenvalue weighted by Crippen LogP contribution is 2.47. The largest absolute Gasteiger partial charge is 0.461 e. The van der Waals surface area contributed by atoms with Crippen molar-refractivity contribution in [3.8, 4) is 6.01 Å². The molecule has 1 aromatic heterocycles. The first kappa shape index (κ1) is 25.5. The van der Waals surface area contributed by atoms with Gasteiger partial charge in [0.25, 0.3) is 0 Å². The lowest BCUT2D eigenvalue weighted by atomic mass is 9.74. The van der Waals surface area contributed by atoms with Crippen LogP contribution in [0, 0.1) is 0 Å². The monoisotopic (exact) mass is 537 g/mol. The van der Waals surface area contributed by atoms with Gasteiger partial charge in [-0.1, -0.05) is 6.07 Å². The smallest absolute Gasteiger partial charge is 0.318 e. The summed E-state index contributed by atoms with van der Waals surface area (Å²) < 4.78 is 33.5. The first-order chi connectivity index (χ1) is 18.9. The van der Waals surface area contributed by atoms with Gasteiger partial charge in [0.05, 0.1) is 29.5 Å². The van der Waals surface area contributed by atoms with Crippen molar-refractivity contribution in [2.24, 2.45) is 0 Å². The molecule has 3 fully saturated rings. The lowest BCUT2D eigenvalue weighted by Gasteiger charge is -2.43. The van der Waals surface area contributed by atoms with Gasteiger partial charge in [-0.25, -0.2) is 4.39 Å². The molecule has 1 spiro atoms. The molecule has 7 rings (SSSR count). The van der Waals surface area contributed by atoms with E-state index >= 15 is 0 Å². The van der Waals surface area contributed by atoms with E-state index in [1.807, 2.05) is 6.07 Å². The summed E-state index contributed by atoms with van der Waals surface area (Å²) in [4.78, 5) is 14.6. The van der Waals surface area contributed by atoms with Crippen molar-refractivity contribution >= 4 is 11.5 Å². The Balaban J connectivity index is 1.25. The predicted molar refractivity (Wildman–Crippen MR) is 147 cm³/mol. The van der Waals surface area contributed by atoms with Crippen LogP contribution in [-0.4, -0.2) is 72.1 Å². The lowest BCUT2D eigenvalue weighted by Crippen LogP contribution is -2.44. The maximum atomic E-state index is 14.4. The van der Waals surface area contributed by atoms with Gasteiger partial charge in [-0.15, -0.1) is 0 Å². The SMILES string of the molecule is C[C@H]1CN(c2nc(OC[C@@]34CCCN3C[C@H](F)C4)nc3c2CO[C@@]2(CCCc4ccc(N)cc42)C3)CCCO1. The fourth-order valence-electron chi connectivity index (χ4n) is 7.75. The van der Waals surface area contributed by atoms with E-state index in [1.54, 1.807) is 0 Å². The third kappa shape index (κ3) is 4.56. The summed E-state index contributed by atoms with van der Waals surface area (Å²) in [6.07, 6.45) is 6.53. The van der Waals surface area contributed by atoms with Gasteiger partial charge in [-0.05, 0) is 75.3 Å². The molecule has 5 aliphatic rings. The number of aryl methyl sites for hydroxylation is 1. The number of hydrogen-bond donors (Lipinski definition) is 1. The number of nitrogens with two attached hydrogens (primary N) is 1. The molecule has 0 amide bonds. The molecule has 4 atom stereocenters. The molecule has 2 N–H and O–H groups in total. The second-order valence-electron chi connectivity index (χ2n) is 12.3. The second-order valence-corrected chi connectivity index (χ2v) is 12.3. The molecule has 210 valence electrons. The van der Waals surface area contributed by atoms with Crippen molar-refractivity contribution in [1.82, 2.24) is 14.9 Å². The number of anilines is 2. The summed E-state index contributed by atoms with van der Waals surface area (Å²) in [6.45, 7) is 6.79. The van der Waals surface area contributed by atoms with E-state index in [2.05, 4.69) is 28.9 Å². The van der Waals surface area contributed by atoms with Gasteiger partial charge in [0, 0.05) is 50.3 Å². The van der Waals surface area contributed by atoms with Crippen LogP contribution < -0.4 is 15.4 Å². The highest BCUT2D eigenvalue weighted by atomic mass is 19.1. The minimum absolute atomic E-state index is 0.109. The van der Waals surface area contributed by atoms with E-state index in [9.17, 15) is 4.39 Å². The van der Waals surface area contributed by atoms with Gasteiger partial charge in [-0.3, -0.25) is 4.90 Å². The maximum Gasteiger partial charge on any atom is 0.318 e. The van der Waals surface area contributed by atoms with Crippen LogP contribution in [0.3, 0.4) is 0 Å². The molecule has 1 aliphatic carbocycles. The van der Waals surface area contributed by atoms with E-state index in [0.717, 1.165) is 87.5 Å². The minimum Gasteiger partial charge on any atom is -0.461 e. The van der Waals surface area contributed by atoms with E-state index in [0.29, 0.717) is 38.6 Å². The summed E-state index contributed by atoms with van der Waals surface area (Å²) in [6, 6.07) is 6.62. The highest BCUT2D eigenvalue weighted by Gasteiger charge is 2.49. The Kier molecular flexibility index (Phi) is 6.44. The van der Waals surface area contributed by atoms with Crippen LogP contribution in [0.5, 0.6) is 6.01 Å². The Labute approximate surface area is 230 Å². The minimum atomic E-state index is -0.789. The molecule has 9 heteroatoms. The van der Waals surface area contributed by atoms with Crippen molar-refractivity contribution < 1.29 is 18.6 Å². The zero-order valence-electron chi connectivity index (χ0n) is 23.0. The van der Waals surface area contributed by atoms with Crippen LogP contribution in [0.1, 0.15) is 67.8 Å². The fourth-order valence-corrected chi connectivity index (χ4v) is 7.75. The Morgan fingerprint density at radius 3 is 3.00 bits per heavy atom. The summed E-state index contributed by atoms with van der Waals surface area (Å²) in [7, 11) is 0. The molecule has 0 unspecified atom stereocenters. The lowest BCUT2D eigenvalue weighted by molar-refractivity contribution is -0.0855. The third-order valence-electron chi connectivity index (χ3n) is 9.63. The quantitative estimate of drug-likeness (QED) is 0.588. The average Bonchev–Trinajstić information content (AvgIpc) is 3.35. The van der Waals surface area contributed by atoms with Gasteiger partial charge < -0.3 is 24.8 Å². The summed E-state index contributed by atoms with van der Waals surface area (Å²) >= 11 is 0. The molecule has 1 aromatic carbocycles. The molecule has 2 aromatic rings. The third-order valence-corrected chi connectivity index (χ3v) is 9.63. The van der Waals surface area contributed by atoms with E-state index in [-0.39, 0.29) is 11.6 Å². The number of benzene rings is 1. The van der Waals surface area contributed by atoms with Gasteiger partial charge in [0.2, 0.25) is 0 Å². The zero-order valence-corrected chi connectivity index (χ0v) is 23.0. The molecule has 0 bridgehead atoms. The van der Waals surface area contributed by atoms with E-state index in [4.69, 9.17) is 29.9 Å². The summed E-state index contributed by atoms with van der Waals surface area (Å²) in [5.41, 5.74) is 10.9. The molecule has 8 nitrogen and oxygen atoms in total. The Morgan fingerprint density at radius 2 is 2.08 bits per heavy atom. The van der Waals surface area contributed by atoms with Gasteiger partial charge in [0.1, 0.15) is 18.6 Å². The van der Waals surface area contributed by atoms with Crippen LogP contribution in [-0.2, 0) is 34.5 Å². The molecule has 5 heterocycles. The van der Waals surface area contributed by atoms with Crippen LogP contribution in [0.25, 0.3) is 0 Å². The summed E-state index contributed by atoms with van der Waals surface area (Å²) in [5, 5.41) is 0. The number of rotatable bonds is 4. The number of hydrogen-bond acceptors (Lipinski definition) is 8. The molecule has 39 heavy (non-hydrogen) atoms. The van der Waals surface area contributed by atoms with Crippen LogP contribution in [0.2, 0.25) is 0 Å². The van der Waals surface area contributed by atoms with Crippen molar-refractivity contribution in [2.45, 2.75) is 88.3 Å². The van der Waals surface area contributed by atoms with Crippen LogP contribution >= 0.6 is 0 Å². The van der Waals surface area contributed by atoms with Crippen LogP contribution in [0.15, 0.2) is 18.2 Å². The average molecular weight is 538 g/mol. The maximum absolute atomic E-state index is 14.4. The highest BCUT2D eigenvalue weighted by molar-refractivity contribution is 5.54. The molecule has 0 radical (unpaired) electrons. The Morgan fingerprint density at radius 1 is 1.15 bits per heavy atom. The summed E-state index contributed by atoms with van der Waals surface area (Å²) in [5.74, 6) is 0.890. The first-order valence-electron chi connectivity index (χ1n) is 14.7. The number of halogens is 1. The predicted octanol–water partition coefficient (Wildman–Crippen LogP) is 3.93. The molecular formula is C30H40FN5O3. The zero-order chi connectivity index (χ0) is 26.6. The number of alkyl halides is 1. The van der Waals surface area contributed by atoms with E-state index < -0.39 is 11.8 Å². The molecule has 3 saturated heterocycles. The first-order valence-corrected chi connectivity index (χ1v) is 14.7. The van der Waals surface area contributed by atoms with Crippen LogP contribution in [0.4, 0.5) is 15.9 Å². The number of nitrogens with zero attached hydrogens (tertiary/aromatic N) is 4. The van der Waals surface area contributed by atoms with Crippen molar-refractivity contribution in [3.63, 3.8) is 0 Å². The topological polar surface area (TPSA) is 86.0 Å². The standard InChI is InChI=1S/C30H40FN5O3/c1-20-16-35(10-4-12-37-20)27-24-18-39-30(9-2-5-21-6-7-23(32)13-25(21)30)15-26(24)33-28(34-27)38-19-29-8-3-11-36(29)17-22(31)14-29/h6-7,13,20,22H,2-5,8-12,14-19,32H2,1H3/t20-,22+,29-,30-/m0/s1. The molecule has 0 saturated carbocycles. The van der Waals surface area contributed by atoms with Crippen molar-refractivity contribution in [3.05, 3.63) is 40.6 Å². The Hall–Kier alpha value is -2.49. The van der Waals surface area contributed by atoms with E-state index in [1.165, 1.54) is 11.1 Å². The normalized spacial score (nSPS) is 32.5. The Bertz CT molecular complexity index is 1250. The number of fused-ring (bicyclic) bond motifs is 4. The second kappa shape index (κ2) is 9.85. The number of aromatic nitrogens is 2. The van der Waals surface area contributed by atoms with Gasteiger partial charge >= 0.3 is 6.01 Å². The molecule has 4 aliphatic heterocycles. The van der Waals surface area contributed by atoms with Gasteiger partial charge in [-0.2, -0.15) is 9.97 Å². The van der Waals surface area contributed by atoms with Crippen molar-refractivity contribution in [2.75, 3.05) is 50.0 Å². The molecular weight excluding hydrogens is 497 g/mol.